The molecule has 9 rings (SSSR count). The number of aromatic nitrogens is 3. The van der Waals surface area contributed by atoms with Crippen LogP contribution in [0.4, 0.5) is 0 Å². The molecule has 0 radical (unpaired) electrons. The van der Waals surface area contributed by atoms with Crippen molar-refractivity contribution in [3.8, 4) is 39.5 Å². The molecule has 2 aromatic heterocycles. The molecular formula is C42H27N3. The molecule has 45 heavy (non-hydrogen) atoms. The zero-order valence-corrected chi connectivity index (χ0v) is 24.4. The second-order valence-corrected chi connectivity index (χ2v) is 11.4. The normalized spacial score (nSPS) is 11.6. The van der Waals surface area contributed by atoms with Crippen molar-refractivity contribution in [2.45, 2.75) is 0 Å². The molecule has 0 fully saturated rings. The lowest BCUT2D eigenvalue weighted by Gasteiger charge is -2.16. The largest absolute Gasteiger partial charge is 0.278 e. The highest BCUT2D eigenvalue weighted by Crippen LogP contribution is 2.40. The van der Waals surface area contributed by atoms with Crippen LogP contribution in [0.15, 0.2) is 164 Å². The summed E-state index contributed by atoms with van der Waals surface area (Å²) in [6.45, 7) is 0. The summed E-state index contributed by atoms with van der Waals surface area (Å²) in [6, 6.07) is 57.9. The molecule has 0 saturated heterocycles. The van der Waals surface area contributed by atoms with E-state index in [2.05, 4.69) is 168 Å². The minimum Gasteiger partial charge on any atom is -0.278 e. The van der Waals surface area contributed by atoms with Gasteiger partial charge in [0, 0.05) is 21.7 Å². The Hall–Kier alpha value is -6.06. The van der Waals surface area contributed by atoms with E-state index in [4.69, 9.17) is 9.97 Å². The van der Waals surface area contributed by atoms with Gasteiger partial charge in [0.05, 0.1) is 22.2 Å². The van der Waals surface area contributed by atoms with Gasteiger partial charge >= 0.3 is 0 Å². The van der Waals surface area contributed by atoms with Crippen molar-refractivity contribution in [3.05, 3.63) is 164 Å². The maximum Gasteiger partial charge on any atom is 0.235 e. The van der Waals surface area contributed by atoms with Crippen molar-refractivity contribution < 1.29 is 0 Å². The van der Waals surface area contributed by atoms with Gasteiger partial charge in [-0.3, -0.25) is 4.57 Å². The Morgan fingerprint density at radius 2 is 0.978 bits per heavy atom. The summed E-state index contributed by atoms with van der Waals surface area (Å²) in [4.78, 5) is 10.6. The first-order chi connectivity index (χ1) is 22.3. The van der Waals surface area contributed by atoms with Crippen LogP contribution in [0.2, 0.25) is 0 Å². The van der Waals surface area contributed by atoms with Gasteiger partial charge in [-0.25, -0.2) is 9.97 Å². The van der Waals surface area contributed by atoms with E-state index in [1.54, 1.807) is 0 Å². The van der Waals surface area contributed by atoms with E-state index in [1.807, 2.05) is 0 Å². The van der Waals surface area contributed by atoms with E-state index in [9.17, 15) is 0 Å². The summed E-state index contributed by atoms with van der Waals surface area (Å²) < 4.78 is 2.20. The Kier molecular flexibility index (Phi) is 5.82. The van der Waals surface area contributed by atoms with Crippen LogP contribution in [0.5, 0.6) is 0 Å². The van der Waals surface area contributed by atoms with Crippen LogP contribution in [0.1, 0.15) is 0 Å². The Bertz CT molecular complexity index is 2480. The molecule has 0 spiro atoms. The van der Waals surface area contributed by atoms with Crippen LogP contribution in [0.3, 0.4) is 0 Å². The average Bonchev–Trinajstić information content (AvgIpc) is 3.45. The Balaban J connectivity index is 1.33. The molecule has 0 atom stereocenters. The first-order valence-electron chi connectivity index (χ1n) is 15.3. The smallest absolute Gasteiger partial charge is 0.235 e. The third kappa shape index (κ3) is 4.13. The molecule has 0 saturated carbocycles. The van der Waals surface area contributed by atoms with E-state index in [0.717, 1.165) is 33.2 Å². The highest BCUT2D eigenvalue weighted by atomic mass is 15.2. The van der Waals surface area contributed by atoms with Gasteiger partial charge in [0.15, 0.2) is 0 Å². The number of benzene rings is 7. The second-order valence-electron chi connectivity index (χ2n) is 11.4. The molecule has 9 aromatic rings. The van der Waals surface area contributed by atoms with Gasteiger partial charge in [-0.2, -0.15) is 0 Å². The van der Waals surface area contributed by atoms with E-state index in [0.29, 0.717) is 5.95 Å². The lowest BCUT2D eigenvalue weighted by Crippen LogP contribution is -2.03. The highest BCUT2D eigenvalue weighted by molar-refractivity contribution is 6.11. The summed E-state index contributed by atoms with van der Waals surface area (Å²) in [5.41, 5.74) is 9.88. The lowest BCUT2D eigenvalue weighted by molar-refractivity contribution is 1.01. The number of para-hydroxylation sites is 3. The molecule has 0 aliphatic heterocycles. The van der Waals surface area contributed by atoms with Gasteiger partial charge < -0.3 is 0 Å². The topological polar surface area (TPSA) is 30.7 Å². The number of nitrogens with zero attached hydrogens (tertiary/aromatic N) is 3. The minimum absolute atomic E-state index is 0.668. The quantitative estimate of drug-likeness (QED) is 0.210. The monoisotopic (exact) mass is 573 g/mol. The number of hydrogen-bond acceptors (Lipinski definition) is 2. The van der Waals surface area contributed by atoms with Gasteiger partial charge in [0.25, 0.3) is 0 Å². The van der Waals surface area contributed by atoms with Crippen molar-refractivity contribution in [2.75, 3.05) is 0 Å². The zero-order valence-electron chi connectivity index (χ0n) is 24.4. The van der Waals surface area contributed by atoms with E-state index in [-0.39, 0.29) is 0 Å². The van der Waals surface area contributed by atoms with E-state index < -0.39 is 0 Å². The first kappa shape index (κ1) is 25.4. The van der Waals surface area contributed by atoms with Gasteiger partial charge in [-0.1, -0.05) is 140 Å². The fourth-order valence-corrected chi connectivity index (χ4v) is 6.78. The summed E-state index contributed by atoms with van der Waals surface area (Å²) in [5, 5.41) is 5.77. The maximum absolute atomic E-state index is 5.42. The third-order valence-electron chi connectivity index (χ3n) is 8.81. The predicted molar refractivity (Wildman–Crippen MR) is 188 cm³/mol. The van der Waals surface area contributed by atoms with Gasteiger partial charge in [0.2, 0.25) is 5.95 Å². The molecule has 3 nitrogen and oxygen atoms in total. The van der Waals surface area contributed by atoms with Gasteiger partial charge in [-0.15, -0.1) is 0 Å². The molecule has 0 aliphatic rings. The molecule has 0 amide bonds. The molecule has 3 heteroatoms. The van der Waals surface area contributed by atoms with Gasteiger partial charge in [-0.05, 0) is 57.3 Å². The molecule has 210 valence electrons. The van der Waals surface area contributed by atoms with Crippen LogP contribution in [-0.4, -0.2) is 14.5 Å². The molecule has 7 aromatic carbocycles. The van der Waals surface area contributed by atoms with Gasteiger partial charge in [0.1, 0.15) is 0 Å². The van der Waals surface area contributed by atoms with Crippen LogP contribution in [0.25, 0.3) is 82.9 Å². The molecular weight excluding hydrogens is 546 g/mol. The van der Waals surface area contributed by atoms with Crippen molar-refractivity contribution in [1.82, 2.24) is 14.5 Å². The molecule has 2 heterocycles. The summed E-state index contributed by atoms with van der Waals surface area (Å²) in [5.74, 6) is 0.668. The van der Waals surface area contributed by atoms with Crippen LogP contribution >= 0.6 is 0 Å². The van der Waals surface area contributed by atoms with E-state index in [1.165, 1.54) is 43.8 Å². The molecule has 0 N–H and O–H groups in total. The average molecular weight is 574 g/mol. The molecule has 0 aliphatic carbocycles. The SMILES string of the molecule is c1ccc(-c2cccc(-c3cccc4cccc(-c5nc(-n6c7ccccc7c7ccccc76)nc6ccccc56)c34)c2)cc1. The third-order valence-corrected chi connectivity index (χ3v) is 8.81. The lowest BCUT2D eigenvalue weighted by atomic mass is 9.91. The fourth-order valence-electron chi connectivity index (χ4n) is 6.78. The summed E-state index contributed by atoms with van der Waals surface area (Å²) in [6.07, 6.45) is 0. The van der Waals surface area contributed by atoms with Crippen LogP contribution < -0.4 is 0 Å². The maximum atomic E-state index is 5.42. The summed E-state index contributed by atoms with van der Waals surface area (Å²) in [7, 11) is 0. The predicted octanol–water partition coefficient (Wildman–Crippen LogP) is 10.9. The van der Waals surface area contributed by atoms with Crippen molar-refractivity contribution >= 4 is 43.5 Å². The Labute approximate surface area is 260 Å². The molecule has 0 bridgehead atoms. The molecule has 0 unspecified atom stereocenters. The van der Waals surface area contributed by atoms with Crippen LogP contribution in [-0.2, 0) is 0 Å². The fraction of sp³-hybridized carbons (Fsp3) is 0. The standard InChI is InChI=1S/C42H27N3/c1-2-13-28(14-3-1)30-17-10-18-31(27-30)32-22-11-15-29-16-12-23-36(40(29)32)41-35-21-4-7-24-37(35)43-42(44-41)45-38-25-8-5-19-33(38)34-20-6-9-26-39(34)45/h1-27H. The highest BCUT2D eigenvalue weighted by Gasteiger charge is 2.19. The second kappa shape index (κ2) is 10.3. The van der Waals surface area contributed by atoms with Crippen molar-refractivity contribution in [3.63, 3.8) is 0 Å². The van der Waals surface area contributed by atoms with Crippen LogP contribution in [0, 0.1) is 0 Å². The van der Waals surface area contributed by atoms with E-state index >= 15 is 0 Å². The first-order valence-corrected chi connectivity index (χ1v) is 15.3. The van der Waals surface area contributed by atoms with Crippen molar-refractivity contribution in [1.29, 1.82) is 0 Å². The number of rotatable bonds is 4. The number of hydrogen-bond donors (Lipinski definition) is 0. The Morgan fingerprint density at radius 1 is 0.400 bits per heavy atom. The zero-order chi connectivity index (χ0) is 29.7. The summed E-state index contributed by atoms with van der Waals surface area (Å²) >= 11 is 0. The number of fused-ring (bicyclic) bond motifs is 5. The van der Waals surface area contributed by atoms with Crippen molar-refractivity contribution in [2.24, 2.45) is 0 Å². The Morgan fingerprint density at radius 3 is 1.73 bits per heavy atom. The minimum atomic E-state index is 0.668.